The molecule has 3 nitrogen and oxygen atoms in total. The second-order valence-electron chi connectivity index (χ2n) is 5.03. The number of fused-ring (bicyclic) bond motifs is 1. The van der Waals surface area contributed by atoms with Gasteiger partial charge in [0.15, 0.2) is 0 Å². The van der Waals surface area contributed by atoms with Gasteiger partial charge in [-0.3, -0.25) is 4.79 Å². The second-order valence-corrected chi connectivity index (χ2v) is 7.13. The predicted molar refractivity (Wildman–Crippen MR) is 97.7 cm³/mol. The number of hydrogen-bond acceptors (Lipinski definition) is 2. The van der Waals surface area contributed by atoms with Crippen LogP contribution in [0.25, 0.3) is 0 Å². The standard InChI is InChI=1S/C16H14BrIN2O/c17-13-7-6-10(18)9-12(13)16(21)20-8-2-3-11-14(19)4-1-5-15(11)20/h1,4-7,9H,2-3,8,19H2. The molecule has 2 N–H and O–H groups in total. The zero-order valence-electron chi connectivity index (χ0n) is 11.3. The van der Waals surface area contributed by atoms with Crippen molar-refractivity contribution in [3.8, 4) is 0 Å². The molecule has 0 saturated carbocycles. The van der Waals surface area contributed by atoms with Crippen LogP contribution in [0, 0.1) is 3.57 Å². The fourth-order valence-electron chi connectivity index (χ4n) is 2.67. The first-order chi connectivity index (χ1) is 10.1. The highest BCUT2D eigenvalue weighted by molar-refractivity contribution is 14.1. The van der Waals surface area contributed by atoms with Crippen LogP contribution in [0.2, 0.25) is 0 Å². The van der Waals surface area contributed by atoms with E-state index in [9.17, 15) is 4.79 Å². The van der Waals surface area contributed by atoms with E-state index in [2.05, 4.69) is 38.5 Å². The van der Waals surface area contributed by atoms with Crippen molar-refractivity contribution in [1.29, 1.82) is 0 Å². The third kappa shape index (κ3) is 2.81. The topological polar surface area (TPSA) is 46.3 Å². The molecule has 1 aliphatic rings. The SMILES string of the molecule is Nc1cccc2c1CCCN2C(=O)c1cc(I)ccc1Br. The Bertz CT molecular complexity index is 717. The van der Waals surface area contributed by atoms with Gasteiger partial charge in [-0.2, -0.15) is 0 Å². The van der Waals surface area contributed by atoms with E-state index in [0.29, 0.717) is 5.56 Å². The lowest BCUT2D eigenvalue weighted by atomic mass is 9.99. The quantitative estimate of drug-likeness (QED) is 0.515. The number of amides is 1. The summed E-state index contributed by atoms with van der Waals surface area (Å²) in [5.74, 6) is 0.0203. The molecular formula is C16H14BrIN2O. The number of rotatable bonds is 1. The second kappa shape index (κ2) is 5.96. The molecule has 0 unspecified atom stereocenters. The van der Waals surface area contributed by atoms with E-state index in [-0.39, 0.29) is 5.91 Å². The number of carbonyl (C=O) groups excluding carboxylic acids is 1. The van der Waals surface area contributed by atoms with Gasteiger partial charge in [0.05, 0.1) is 5.56 Å². The van der Waals surface area contributed by atoms with E-state index in [4.69, 9.17) is 5.73 Å². The zero-order valence-corrected chi connectivity index (χ0v) is 15.0. The molecule has 0 saturated heterocycles. The molecule has 0 bridgehead atoms. The van der Waals surface area contributed by atoms with E-state index >= 15 is 0 Å². The molecule has 2 aromatic rings. The highest BCUT2D eigenvalue weighted by Gasteiger charge is 2.25. The van der Waals surface area contributed by atoms with Crippen molar-refractivity contribution < 1.29 is 4.79 Å². The predicted octanol–water partition coefficient (Wildman–Crippen LogP) is 4.23. The molecule has 21 heavy (non-hydrogen) atoms. The van der Waals surface area contributed by atoms with Crippen molar-refractivity contribution in [2.75, 3.05) is 17.2 Å². The van der Waals surface area contributed by atoms with Gasteiger partial charge in [-0.1, -0.05) is 6.07 Å². The highest BCUT2D eigenvalue weighted by atomic mass is 127. The van der Waals surface area contributed by atoms with Gasteiger partial charge >= 0.3 is 0 Å². The summed E-state index contributed by atoms with van der Waals surface area (Å²) >= 11 is 5.70. The van der Waals surface area contributed by atoms with Crippen molar-refractivity contribution >= 4 is 55.8 Å². The van der Waals surface area contributed by atoms with E-state index in [1.165, 1.54) is 0 Å². The van der Waals surface area contributed by atoms with Gasteiger partial charge in [-0.25, -0.2) is 0 Å². The van der Waals surface area contributed by atoms with Crippen molar-refractivity contribution in [2.24, 2.45) is 0 Å². The fourth-order valence-corrected chi connectivity index (χ4v) is 3.58. The maximum absolute atomic E-state index is 12.9. The molecule has 1 aliphatic heterocycles. The summed E-state index contributed by atoms with van der Waals surface area (Å²) in [6.07, 6.45) is 1.87. The van der Waals surface area contributed by atoms with Gasteiger partial charge in [0.1, 0.15) is 0 Å². The van der Waals surface area contributed by atoms with Crippen molar-refractivity contribution in [2.45, 2.75) is 12.8 Å². The van der Waals surface area contributed by atoms with Gasteiger partial charge in [0, 0.05) is 26.0 Å². The summed E-state index contributed by atoms with van der Waals surface area (Å²) in [6.45, 7) is 0.729. The molecule has 1 heterocycles. The molecule has 0 fully saturated rings. The number of nitrogens with two attached hydrogens (primary N) is 1. The van der Waals surface area contributed by atoms with Crippen molar-refractivity contribution in [3.05, 3.63) is 55.6 Å². The molecular weight excluding hydrogens is 443 g/mol. The number of nitrogen functional groups attached to an aromatic ring is 1. The van der Waals surface area contributed by atoms with E-state index in [1.807, 2.05) is 41.3 Å². The van der Waals surface area contributed by atoms with Crippen LogP contribution in [0.4, 0.5) is 11.4 Å². The van der Waals surface area contributed by atoms with Crippen LogP contribution in [-0.4, -0.2) is 12.5 Å². The van der Waals surface area contributed by atoms with Gasteiger partial charge in [0.25, 0.3) is 5.91 Å². The van der Waals surface area contributed by atoms with Crippen LogP contribution in [0.5, 0.6) is 0 Å². The monoisotopic (exact) mass is 456 g/mol. The number of hydrogen-bond donors (Lipinski definition) is 1. The largest absolute Gasteiger partial charge is 0.398 e. The summed E-state index contributed by atoms with van der Waals surface area (Å²) in [6, 6.07) is 11.6. The van der Waals surface area contributed by atoms with Gasteiger partial charge < -0.3 is 10.6 Å². The molecule has 0 spiro atoms. The Hall–Kier alpha value is -1.08. The summed E-state index contributed by atoms with van der Waals surface area (Å²) < 4.78 is 1.87. The Labute approximate surface area is 145 Å². The lowest BCUT2D eigenvalue weighted by Crippen LogP contribution is -2.36. The Morgan fingerprint density at radius 3 is 2.90 bits per heavy atom. The molecule has 0 radical (unpaired) electrons. The first-order valence-corrected chi connectivity index (χ1v) is 8.59. The number of nitrogens with zero attached hydrogens (tertiary/aromatic N) is 1. The highest BCUT2D eigenvalue weighted by Crippen LogP contribution is 2.33. The number of benzene rings is 2. The Morgan fingerprint density at radius 2 is 2.10 bits per heavy atom. The zero-order chi connectivity index (χ0) is 15.0. The normalized spacial score (nSPS) is 13.9. The van der Waals surface area contributed by atoms with Gasteiger partial charge in [-0.05, 0) is 87.3 Å². The van der Waals surface area contributed by atoms with Gasteiger partial charge in [-0.15, -0.1) is 0 Å². The van der Waals surface area contributed by atoms with E-state index in [0.717, 1.165) is 44.4 Å². The molecule has 0 aliphatic carbocycles. The van der Waals surface area contributed by atoms with Crippen LogP contribution in [-0.2, 0) is 6.42 Å². The first-order valence-electron chi connectivity index (χ1n) is 6.72. The van der Waals surface area contributed by atoms with Gasteiger partial charge in [0.2, 0.25) is 0 Å². The number of halogens is 2. The minimum Gasteiger partial charge on any atom is -0.398 e. The third-order valence-electron chi connectivity index (χ3n) is 3.69. The number of anilines is 2. The maximum atomic E-state index is 12.9. The minimum absolute atomic E-state index is 0.0203. The van der Waals surface area contributed by atoms with Crippen molar-refractivity contribution in [1.82, 2.24) is 0 Å². The smallest absolute Gasteiger partial charge is 0.259 e. The fraction of sp³-hybridized carbons (Fsp3) is 0.188. The molecule has 2 aromatic carbocycles. The summed E-state index contributed by atoms with van der Waals surface area (Å²) in [7, 11) is 0. The van der Waals surface area contributed by atoms with Crippen LogP contribution >= 0.6 is 38.5 Å². The van der Waals surface area contributed by atoms with Crippen LogP contribution in [0.15, 0.2) is 40.9 Å². The minimum atomic E-state index is 0.0203. The third-order valence-corrected chi connectivity index (χ3v) is 5.05. The maximum Gasteiger partial charge on any atom is 0.259 e. The van der Waals surface area contributed by atoms with Crippen molar-refractivity contribution in [3.63, 3.8) is 0 Å². The molecule has 3 rings (SSSR count). The summed E-state index contributed by atoms with van der Waals surface area (Å²) in [4.78, 5) is 14.7. The van der Waals surface area contributed by atoms with Crippen LogP contribution in [0.1, 0.15) is 22.3 Å². The molecule has 0 aromatic heterocycles. The Morgan fingerprint density at radius 1 is 1.29 bits per heavy atom. The first kappa shape index (κ1) is 14.8. The lowest BCUT2D eigenvalue weighted by molar-refractivity contribution is 0.0984. The molecule has 108 valence electrons. The summed E-state index contributed by atoms with van der Waals surface area (Å²) in [5, 5.41) is 0. The van der Waals surface area contributed by atoms with Crippen LogP contribution < -0.4 is 10.6 Å². The Balaban J connectivity index is 2.04. The average Bonchev–Trinajstić information content (AvgIpc) is 2.49. The molecule has 0 atom stereocenters. The Kier molecular flexibility index (Phi) is 4.21. The number of carbonyl (C=O) groups is 1. The van der Waals surface area contributed by atoms with Crippen LogP contribution in [0.3, 0.4) is 0 Å². The average molecular weight is 457 g/mol. The lowest BCUT2D eigenvalue weighted by Gasteiger charge is -2.30. The van der Waals surface area contributed by atoms with E-state index in [1.54, 1.807) is 0 Å². The molecule has 5 heteroatoms. The van der Waals surface area contributed by atoms with E-state index < -0.39 is 0 Å². The summed E-state index contributed by atoms with van der Waals surface area (Å²) in [5.41, 5.74) is 9.53. The molecule has 1 amide bonds.